The summed E-state index contributed by atoms with van der Waals surface area (Å²) in [6.45, 7) is 3.37. The first-order chi connectivity index (χ1) is 22.6. The second-order valence-electron chi connectivity index (χ2n) is 12.5. The predicted octanol–water partition coefficient (Wildman–Crippen LogP) is 7.85. The Hall–Kier alpha value is -2.10. The summed E-state index contributed by atoms with van der Waals surface area (Å²) in [6, 6.07) is 0. The molecule has 3 N–H and O–H groups in total. The number of phosphoric acid groups is 1. The Labute approximate surface area is 282 Å². The van der Waals surface area contributed by atoms with Crippen LogP contribution in [0.15, 0.2) is 36.5 Å². The zero-order valence-electron chi connectivity index (χ0n) is 28.8. The summed E-state index contributed by atoms with van der Waals surface area (Å²) in [4.78, 5) is 55.0. The molecular weight excluding hydrogens is 623 g/mol. The summed E-state index contributed by atoms with van der Waals surface area (Å²) in [7, 11) is -4.80. The molecule has 0 amide bonds. The lowest BCUT2D eigenvalue weighted by Crippen LogP contribution is -2.29. The summed E-state index contributed by atoms with van der Waals surface area (Å²) in [5.74, 6) is -1.27. The number of esters is 2. The molecule has 0 fully saturated rings. The number of ketones is 1. The van der Waals surface area contributed by atoms with Gasteiger partial charge in [-0.1, -0.05) is 121 Å². The zero-order valence-corrected chi connectivity index (χ0v) is 29.7. The van der Waals surface area contributed by atoms with Crippen LogP contribution < -0.4 is 0 Å². The van der Waals surface area contributed by atoms with E-state index >= 15 is 0 Å². The number of hydrogen-bond acceptors (Lipinski definition) is 8. The van der Waals surface area contributed by atoms with E-state index in [1.807, 2.05) is 24.3 Å². The average molecular weight is 685 g/mol. The molecule has 0 bridgehead atoms. The van der Waals surface area contributed by atoms with E-state index in [0.29, 0.717) is 32.1 Å². The van der Waals surface area contributed by atoms with Crippen LogP contribution in [0.1, 0.15) is 136 Å². The van der Waals surface area contributed by atoms with Crippen molar-refractivity contribution in [2.24, 2.45) is 11.8 Å². The maximum atomic E-state index is 12.4. The van der Waals surface area contributed by atoms with E-state index in [-0.39, 0.29) is 37.1 Å². The molecule has 0 saturated carbocycles. The fourth-order valence-corrected chi connectivity index (χ4v) is 5.72. The molecule has 0 aliphatic heterocycles. The Bertz CT molecular complexity index is 1000. The number of carbonyl (C=O) groups excluding carboxylic acids is 3. The van der Waals surface area contributed by atoms with Crippen molar-refractivity contribution >= 4 is 25.5 Å². The molecular formula is C36H61O10P. The SMILES string of the molecule is CCCCCCCCCCCCC(=O)OC[C@H](COP(=O)(O)O)OC(=O)CCC/C=C\C[C@H]1C=CC(=O)[C@@H]1/C=C/[C@@H](O)CCCCC. The highest BCUT2D eigenvalue weighted by atomic mass is 31.2. The van der Waals surface area contributed by atoms with Crippen LogP contribution in [0.4, 0.5) is 0 Å². The maximum Gasteiger partial charge on any atom is 0.469 e. The van der Waals surface area contributed by atoms with Crippen molar-refractivity contribution in [1.82, 2.24) is 0 Å². The summed E-state index contributed by atoms with van der Waals surface area (Å²) < 4.78 is 26.2. The highest BCUT2D eigenvalue weighted by Gasteiger charge is 2.27. The first-order valence-corrected chi connectivity index (χ1v) is 19.4. The van der Waals surface area contributed by atoms with Crippen LogP contribution in [0, 0.1) is 11.8 Å². The van der Waals surface area contributed by atoms with Gasteiger partial charge >= 0.3 is 19.8 Å². The molecule has 0 spiro atoms. The summed E-state index contributed by atoms with van der Waals surface area (Å²) in [5.41, 5.74) is 0. The minimum Gasteiger partial charge on any atom is -0.462 e. The topological polar surface area (TPSA) is 157 Å². The number of allylic oxidation sites excluding steroid dienone is 5. The number of carbonyl (C=O) groups is 3. The molecule has 10 nitrogen and oxygen atoms in total. The lowest BCUT2D eigenvalue weighted by molar-refractivity contribution is -0.161. The van der Waals surface area contributed by atoms with E-state index in [4.69, 9.17) is 19.3 Å². The molecule has 47 heavy (non-hydrogen) atoms. The highest BCUT2D eigenvalue weighted by Crippen LogP contribution is 2.36. The number of aliphatic hydroxyl groups excluding tert-OH is 1. The Morgan fingerprint density at radius 1 is 0.851 bits per heavy atom. The van der Waals surface area contributed by atoms with Gasteiger partial charge in [0, 0.05) is 18.8 Å². The molecule has 0 aromatic carbocycles. The van der Waals surface area contributed by atoms with E-state index in [2.05, 4.69) is 18.4 Å². The Morgan fingerprint density at radius 2 is 1.47 bits per heavy atom. The van der Waals surface area contributed by atoms with Gasteiger partial charge in [-0.15, -0.1) is 0 Å². The highest BCUT2D eigenvalue weighted by molar-refractivity contribution is 7.46. The number of aliphatic hydroxyl groups is 1. The van der Waals surface area contributed by atoms with Crippen LogP contribution >= 0.6 is 7.82 Å². The van der Waals surface area contributed by atoms with Crippen LogP contribution in [-0.4, -0.2) is 58.0 Å². The first kappa shape index (κ1) is 42.9. The van der Waals surface area contributed by atoms with E-state index in [0.717, 1.165) is 38.5 Å². The largest absolute Gasteiger partial charge is 0.469 e. The van der Waals surface area contributed by atoms with E-state index in [1.165, 1.54) is 38.5 Å². The normalized spacial score (nSPS) is 17.9. The lowest BCUT2D eigenvalue weighted by Gasteiger charge is -2.18. The third kappa shape index (κ3) is 23.8. The smallest absolute Gasteiger partial charge is 0.462 e. The van der Waals surface area contributed by atoms with Gasteiger partial charge in [0.2, 0.25) is 0 Å². The van der Waals surface area contributed by atoms with Gasteiger partial charge in [-0.05, 0) is 44.1 Å². The Morgan fingerprint density at radius 3 is 2.13 bits per heavy atom. The van der Waals surface area contributed by atoms with E-state index < -0.39 is 38.6 Å². The third-order valence-corrected chi connectivity index (χ3v) is 8.64. The van der Waals surface area contributed by atoms with Crippen molar-refractivity contribution in [3.05, 3.63) is 36.5 Å². The molecule has 4 atom stereocenters. The minimum absolute atomic E-state index is 0.0189. The number of rotatable bonds is 29. The van der Waals surface area contributed by atoms with Crippen molar-refractivity contribution in [2.45, 2.75) is 148 Å². The van der Waals surface area contributed by atoms with E-state index in [9.17, 15) is 24.1 Å². The molecule has 1 rings (SSSR count). The van der Waals surface area contributed by atoms with Crippen molar-refractivity contribution in [3.8, 4) is 0 Å². The van der Waals surface area contributed by atoms with Gasteiger partial charge in [0.15, 0.2) is 11.9 Å². The summed E-state index contributed by atoms with van der Waals surface area (Å²) in [5, 5.41) is 10.2. The van der Waals surface area contributed by atoms with Crippen molar-refractivity contribution in [2.75, 3.05) is 13.2 Å². The Balaban J connectivity index is 2.35. The number of ether oxygens (including phenoxy) is 2. The lowest BCUT2D eigenvalue weighted by atomic mass is 9.90. The molecule has 0 aromatic heterocycles. The zero-order chi connectivity index (χ0) is 34.8. The first-order valence-electron chi connectivity index (χ1n) is 17.8. The van der Waals surface area contributed by atoms with Crippen molar-refractivity contribution in [3.63, 3.8) is 0 Å². The molecule has 1 aliphatic rings. The van der Waals surface area contributed by atoms with Crippen LogP contribution in [0.25, 0.3) is 0 Å². The van der Waals surface area contributed by atoms with Gasteiger partial charge in [0.1, 0.15) is 6.61 Å². The number of hydrogen-bond donors (Lipinski definition) is 3. The van der Waals surface area contributed by atoms with Crippen LogP contribution in [0.2, 0.25) is 0 Å². The van der Waals surface area contributed by atoms with Gasteiger partial charge in [-0.25, -0.2) is 4.57 Å². The molecule has 0 unspecified atom stereocenters. The van der Waals surface area contributed by atoms with Crippen molar-refractivity contribution in [1.29, 1.82) is 0 Å². The van der Waals surface area contributed by atoms with Crippen LogP contribution in [0.5, 0.6) is 0 Å². The molecule has 11 heteroatoms. The second kappa shape index (κ2) is 26.8. The molecule has 1 aliphatic carbocycles. The monoisotopic (exact) mass is 684 g/mol. The second-order valence-corrected chi connectivity index (χ2v) is 13.8. The average Bonchev–Trinajstić information content (AvgIpc) is 3.38. The Kier molecular flexibility index (Phi) is 24.5. The predicted molar refractivity (Wildman–Crippen MR) is 183 cm³/mol. The molecule has 0 heterocycles. The fourth-order valence-electron chi connectivity index (χ4n) is 5.36. The van der Waals surface area contributed by atoms with Gasteiger partial charge in [0.25, 0.3) is 0 Å². The van der Waals surface area contributed by atoms with Crippen LogP contribution in [0.3, 0.4) is 0 Å². The van der Waals surface area contributed by atoms with Gasteiger partial charge in [-0.2, -0.15) is 0 Å². The van der Waals surface area contributed by atoms with E-state index in [1.54, 1.807) is 12.2 Å². The molecule has 0 aromatic rings. The summed E-state index contributed by atoms with van der Waals surface area (Å²) >= 11 is 0. The van der Waals surface area contributed by atoms with Gasteiger partial charge in [0.05, 0.1) is 12.7 Å². The maximum absolute atomic E-state index is 12.4. The van der Waals surface area contributed by atoms with Crippen LogP contribution in [-0.2, 0) is 32.9 Å². The molecule has 0 saturated heterocycles. The fraction of sp³-hybridized carbons (Fsp3) is 0.750. The van der Waals surface area contributed by atoms with Gasteiger partial charge < -0.3 is 24.4 Å². The van der Waals surface area contributed by atoms with Crippen molar-refractivity contribution < 1.29 is 47.8 Å². The number of phosphoric ester groups is 1. The standard InChI is InChI=1S/C36H61O10P/c1-3-5-7-8-9-10-11-12-13-18-22-35(39)44-28-32(29-45-47(41,42)43)46-36(40)23-19-15-14-17-20-30-24-27-34(38)33(30)26-25-31(37)21-16-6-4-2/h14,17,24-27,30-33,37H,3-13,15-16,18-23,28-29H2,1-2H3,(H2,41,42,43)/b17-14-,26-25+/t30-,31-,32+,33+/m0/s1. The molecule has 270 valence electrons. The number of unbranched alkanes of at least 4 members (excludes halogenated alkanes) is 12. The quantitative estimate of drug-likeness (QED) is 0.0307. The minimum atomic E-state index is -4.80. The van der Waals surface area contributed by atoms with Gasteiger partial charge in [-0.3, -0.25) is 18.9 Å². The molecule has 0 radical (unpaired) electrons. The third-order valence-electron chi connectivity index (χ3n) is 8.16. The summed E-state index contributed by atoms with van der Waals surface area (Å²) in [6.07, 6.45) is 26.5.